The molecule has 1 fully saturated rings. The molecule has 0 bridgehead atoms. The van der Waals surface area contributed by atoms with Crippen molar-refractivity contribution in [1.29, 1.82) is 0 Å². The number of pyridine rings is 1. The molecule has 1 amide bonds. The van der Waals surface area contributed by atoms with Crippen molar-refractivity contribution < 1.29 is 9.90 Å². The Morgan fingerprint density at radius 3 is 2.79 bits per heavy atom. The van der Waals surface area contributed by atoms with E-state index in [-0.39, 0.29) is 24.0 Å². The lowest BCUT2D eigenvalue weighted by atomic mass is 10.1. The minimum absolute atomic E-state index is 0.00859. The van der Waals surface area contributed by atoms with Crippen molar-refractivity contribution in [1.82, 2.24) is 15.2 Å². The van der Waals surface area contributed by atoms with E-state index >= 15 is 0 Å². The van der Waals surface area contributed by atoms with E-state index < -0.39 is 0 Å². The third kappa shape index (κ3) is 3.20. The van der Waals surface area contributed by atoms with Gasteiger partial charge in [0.25, 0.3) is 0 Å². The number of benzene rings is 1. The van der Waals surface area contributed by atoms with Crippen molar-refractivity contribution in [2.75, 3.05) is 19.7 Å². The maximum atomic E-state index is 12.5. The highest BCUT2D eigenvalue weighted by Crippen LogP contribution is 2.18. The second kappa shape index (κ2) is 6.75. The van der Waals surface area contributed by atoms with Crippen LogP contribution in [0.15, 0.2) is 23.0 Å². The van der Waals surface area contributed by atoms with Gasteiger partial charge in [0.15, 0.2) is 5.43 Å². The number of aromatic amines is 1. The Hall–Kier alpha value is -2.18. The molecule has 3 N–H and O–H groups in total. The molecule has 1 saturated heterocycles. The SMILES string of the molecule is Cc1cc(C)c2[nH]c(CN3CCNC(=O)[C@@H]3CCO)cc(=O)c2c1. The molecule has 2 heterocycles. The molecular formula is C18H23N3O3. The number of nitrogens with zero attached hydrogens (tertiary/aromatic N) is 1. The molecule has 0 spiro atoms. The molecule has 2 aromatic rings. The summed E-state index contributed by atoms with van der Waals surface area (Å²) in [7, 11) is 0. The van der Waals surface area contributed by atoms with Gasteiger partial charge in [0.1, 0.15) is 0 Å². The van der Waals surface area contributed by atoms with E-state index in [0.29, 0.717) is 31.4 Å². The summed E-state index contributed by atoms with van der Waals surface area (Å²) in [5.74, 6) is -0.0646. The van der Waals surface area contributed by atoms with Gasteiger partial charge in [0.2, 0.25) is 5.91 Å². The Balaban J connectivity index is 1.95. The van der Waals surface area contributed by atoms with Crippen LogP contribution in [0, 0.1) is 13.8 Å². The Kier molecular flexibility index (Phi) is 4.69. The second-order valence-corrected chi connectivity index (χ2v) is 6.45. The van der Waals surface area contributed by atoms with Crippen molar-refractivity contribution in [3.05, 3.63) is 45.2 Å². The fourth-order valence-electron chi connectivity index (χ4n) is 3.45. The molecular weight excluding hydrogens is 306 g/mol. The summed E-state index contributed by atoms with van der Waals surface area (Å²) in [4.78, 5) is 29.8. The molecule has 0 saturated carbocycles. The predicted octanol–water partition coefficient (Wildman–Crippen LogP) is 0.828. The number of carbonyl (C=O) groups excluding carboxylic acids is 1. The van der Waals surface area contributed by atoms with Crippen LogP contribution in [-0.4, -0.2) is 46.6 Å². The van der Waals surface area contributed by atoms with Crippen molar-refractivity contribution in [2.24, 2.45) is 0 Å². The van der Waals surface area contributed by atoms with Crippen molar-refractivity contribution in [3.8, 4) is 0 Å². The second-order valence-electron chi connectivity index (χ2n) is 6.45. The van der Waals surface area contributed by atoms with Gasteiger partial charge in [-0.15, -0.1) is 0 Å². The van der Waals surface area contributed by atoms with Crippen molar-refractivity contribution >= 4 is 16.8 Å². The molecule has 3 rings (SSSR count). The van der Waals surface area contributed by atoms with E-state index in [9.17, 15) is 14.7 Å². The number of amides is 1. The largest absolute Gasteiger partial charge is 0.396 e. The maximum Gasteiger partial charge on any atom is 0.237 e. The van der Waals surface area contributed by atoms with Crippen LogP contribution in [-0.2, 0) is 11.3 Å². The number of aryl methyl sites for hydroxylation is 2. The number of hydrogen-bond donors (Lipinski definition) is 3. The lowest BCUT2D eigenvalue weighted by Crippen LogP contribution is -2.55. The van der Waals surface area contributed by atoms with E-state index in [0.717, 1.165) is 22.3 Å². The summed E-state index contributed by atoms with van der Waals surface area (Å²) in [6, 6.07) is 5.20. The van der Waals surface area contributed by atoms with Crippen molar-refractivity contribution in [2.45, 2.75) is 32.9 Å². The first-order valence-corrected chi connectivity index (χ1v) is 8.25. The summed E-state index contributed by atoms with van der Waals surface area (Å²) < 4.78 is 0. The highest BCUT2D eigenvalue weighted by Gasteiger charge is 2.29. The number of nitrogens with one attached hydrogen (secondary N) is 2. The molecule has 0 aliphatic carbocycles. The van der Waals surface area contributed by atoms with Gasteiger partial charge in [-0.3, -0.25) is 14.5 Å². The number of rotatable bonds is 4. The number of fused-ring (bicyclic) bond motifs is 1. The van der Waals surface area contributed by atoms with Gasteiger partial charge >= 0.3 is 0 Å². The van der Waals surface area contributed by atoms with Gasteiger partial charge in [0, 0.05) is 43.4 Å². The Bertz CT molecular complexity index is 828. The van der Waals surface area contributed by atoms with Crippen LogP contribution in [0.3, 0.4) is 0 Å². The Morgan fingerprint density at radius 1 is 1.25 bits per heavy atom. The maximum absolute atomic E-state index is 12.5. The van der Waals surface area contributed by atoms with E-state index in [2.05, 4.69) is 10.3 Å². The molecule has 128 valence electrons. The number of aliphatic hydroxyl groups excluding tert-OH is 1. The summed E-state index contributed by atoms with van der Waals surface area (Å²) in [5, 5.41) is 12.7. The highest BCUT2D eigenvalue weighted by molar-refractivity contribution is 5.83. The van der Waals surface area contributed by atoms with Crippen LogP contribution in [0.4, 0.5) is 0 Å². The first-order valence-electron chi connectivity index (χ1n) is 8.25. The molecule has 1 aliphatic heterocycles. The Labute approximate surface area is 140 Å². The van der Waals surface area contributed by atoms with Gasteiger partial charge in [-0.1, -0.05) is 6.07 Å². The quantitative estimate of drug-likeness (QED) is 0.775. The number of aliphatic hydroxyl groups is 1. The fraction of sp³-hybridized carbons (Fsp3) is 0.444. The number of carbonyl (C=O) groups is 1. The number of piperazine rings is 1. The minimum Gasteiger partial charge on any atom is -0.396 e. The minimum atomic E-state index is -0.359. The zero-order valence-corrected chi connectivity index (χ0v) is 14.1. The van der Waals surface area contributed by atoms with Crippen LogP contribution in [0.1, 0.15) is 23.2 Å². The molecule has 6 heteroatoms. The van der Waals surface area contributed by atoms with Gasteiger partial charge in [0.05, 0.1) is 11.6 Å². The third-order valence-corrected chi connectivity index (χ3v) is 4.55. The normalized spacial score (nSPS) is 18.8. The molecule has 6 nitrogen and oxygen atoms in total. The smallest absolute Gasteiger partial charge is 0.237 e. The Morgan fingerprint density at radius 2 is 2.04 bits per heavy atom. The van der Waals surface area contributed by atoms with Gasteiger partial charge in [-0.2, -0.15) is 0 Å². The zero-order chi connectivity index (χ0) is 17.3. The van der Waals surface area contributed by atoms with E-state index in [1.54, 1.807) is 6.07 Å². The van der Waals surface area contributed by atoms with Crippen LogP contribution in [0.25, 0.3) is 10.9 Å². The molecule has 24 heavy (non-hydrogen) atoms. The van der Waals surface area contributed by atoms with E-state index in [1.165, 1.54) is 0 Å². The van der Waals surface area contributed by atoms with Gasteiger partial charge in [-0.05, 0) is 37.5 Å². The molecule has 1 aliphatic rings. The predicted molar refractivity (Wildman–Crippen MR) is 93.0 cm³/mol. The average Bonchev–Trinajstić information content (AvgIpc) is 2.52. The topological polar surface area (TPSA) is 85.4 Å². The molecule has 0 unspecified atom stereocenters. The monoisotopic (exact) mass is 329 g/mol. The van der Waals surface area contributed by atoms with Crippen LogP contribution in [0.5, 0.6) is 0 Å². The molecule has 1 aromatic heterocycles. The first-order chi connectivity index (χ1) is 11.5. The lowest BCUT2D eigenvalue weighted by Gasteiger charge is -2.34. The van der Waals surface area contributed by atoms with Crippen molar-refractivity contribution in [3.63, 3.8) is 0 Å². The number of aromatic nitrogens is 1. The number of hydrogen-bond acceptors (Lipinski definition) is 4. The molecule has 1 aromatic carbocycles. The zero-order valence-electron chi connectivity index (χ0n) is 14.1. The molecule has 1 atom stereocenters. The average molecular weight is 329 g/mol. The standard InChI is InChI=1S/C18H23N3O3/c1-11-7-12(2)17-14(8-11)16(23)9-13(20-17)10-21-5-4-19-18(24)15(21)3-6-22/h7-9,15,22H,3-6,10H2,1-2H3,(H,19,24)(H,20,23)/t15-/m0/s1. The van der Waals surface area contributed by atoms with Gasteiger partial charge in [-0.25, -0.2) is 0 Å². The van der Waals surface area contributed by atoms with Crippen LogP contribution in [0.2, 0.25) is 0 Å². The van der Waals surface area contributed by atoms with Gasteiger partial charge < -0.3 is 15.4 Å². The van der Waals surface area contributed by atoms with E-state index in [4.69, 9.17) is 0 Å². The highest BCUT2D eigenvalue weighted by atomic mass is 16.3. The number of H-pyrrole nitrogens is 1. The first kappa shape index (κ1) is 16.7. The summed E-state index contributed by atoms with van der Waals surface area (Å²) >= 11 is 0. The molecule has 0 radical (unpaired) electrons. The fourth-order valence-corrected chi connectivity index (χ4v) is 3.45. The lowest BCUT2D eigenvalue weighted by molar-refractivity contribution is -0.130. The van der Waals surface area contributed by atoms with E-state index in [1.807, 2.05) is 30.9 Å². The summed E-state index contributed by atoms with van der Waals surface area (Å²) in [6.45, 7) is 5.68. The third-order valence-electron chi connectivity index (χ3n) is 4.55. The van der Waals surface area contributed by atoms with Crippen LogP contribution < -0.4 is 10.7 Å². The summed E-state index contributed by atoms with van der Waals surface area (Å²) in [6.07, 6.45) is 0.391. The summed E-state index contributed by atoms with van der Waals surface area (Å²) in [5.41, 5.74) is 3.73. The van der Waals surface area contributed by atoms with Crippen LogP contribution >= 0.6 is 0 Å².